The van der Waals surface area contributed by atoms with Gasteiger partial charge in [-0.15, -0.1) is 13.2 Å². The van der Waals surface area contributed by atoms with Crippen LogP contribution in [0, 0.1) is 0 Å². The molecule has 0 fully saturated rings. The molecule has 1 heterocycles. The molecular weight excluding hydrogens is 336 g/mol. The van der Waals surface area contributed by atoms with Crippen molar-refractivity contribution in [3.8, 4) is 11.6 Å². The zero-order valence-corrected chi connectivity index (χ0v) is 10.1. The van der Waals surface area contributed by atoms with Gasteiger partial charge in [-0.2, -0.15) is 13.2 Å². The zero-order valence-electron chi connectivity index (χ0n) is 8.49. The Hall–Kier alpha value is -1.19. The van der Waals surface area contributed by atoms with Crippen LogP contribution in [0.2, 0.25) is 0 Å². The third-order valence-corrected chi connectivity index (χ3v) is 2.38. The van der Waals surface area contributed by atoms with Crippen LogP contribution in [-0.4, -0.2) is 18.5 Å². The Morgan fingerprint density at radius 2 is 1.72 bits per heavy atom. The van der Waals surface area contributed by atoms with E-state index in [1.165, 1.54) is 0 Å². The molecule has 0 spiro atoms. The SMILES string of the molecule is COc1cc(OC(F)(F)F)nc(C(F)(F)F)c1Br. The summed E-state index contributed by atoms with van der Waals surface area (Å²) in [7, 11) is 0.998. The summed E-state index contributed by atoms with van der Waals surface area (Å²) in [6.07, 6.45) is -10.1. The molecule has 0 amide bonds. The molecular formula is C8H4BrF6NO2. The summed E-state index contributed by atoms with van der Waals surface area (Å²) >= 11 is 2.55. The molecule has 0 saturated carbocycles. The first-order valence-electron chi connectivity index (χ1n) is 4.12. The number of alkyl halides is 6. The first kappa shape index (κ1) is 14.9. The number of halogens is 7. The Labute approximate surface area is 105 Å². The van der Waals surface area contributed by atoms with Crippen molar-refractivity contribution in [3.05, 3.63) is 16.2 Å². The van der Waals surface area contributed by atoms with Crippen molar-refractivity contribution in [2.24, 2.45) is 0 Å². The van der Waals surface area contributed by atoms with E-state index in [0.717, 1.165) is 7.11 Å². The number of hydrogen-bond donors (Lipinski definition) is 0. The highest BCUT2D eigenvalue weighted by Crippen LogP contribution is 2.40. The summed E-state index contributed by atoms with van der Waals surface area (Å²) in [6, 6.07) is 0.590. The molecule has 18 heavy (non-hydrogen) atoms. The van der Waals surface area contributed by atoms with Crippen molar-refractivity contribution in [1.82, 2.24) is 4.98 Å². The zero-order chi connectivity index (χ0) is 14.1. The number of hydrogen-bond acceptors (Lipinski definition) is 3. The lowest BCUT2D eigenvalue weighted by Crippen LogP contribution is -2.19. The standard InChI is InChI=1S/C8H4BrF6NO2/c1-17-3-2-4(18-8(13,14)15)16-6(5(3)9)7(10,11)12/h2H,1H3. The molecule has 0 aliphatic rings. The molecule has 1 aromatic heterocycles. The van der Waals surface area contributed by atoms with Crippen LogP contribution in [-0.2, 0) is 6.18 Å². The van der Waals surface area contributed by atoms with Gasteiger partial charge in [0.25, 0.3) is 0 Å². The maximum atomic E-state index is 12.5. The molecule has 0 aliphatic carbocycles. The highest BCUT2D eigenvalue weighted by Gasteiger charge is 2.39. The fourth-order valence-corrected chi connectivity index (χ4v) is 1.58. The normalized spacial score (nSPS) is 12.4. The van der Waals surface area contributed by atoms with Crippen LogP contribution in [0.1, 0.15) is 5.69 Å². The molecule has 0 atom stereocenters. The van der Waals surface area contributed by atoms with Gasteiger partial charge in [-0.1, -0.05) is 0 Å². The monoisotopic (exact) mass is 339 g/mol. The second-order valence-electron chi connectivity index (χ2n) is 2.87. The average Bonchev–Trinajstić information content (AvgIpc) is 2.16. The third kappa shape index (κ3) is 3.65. The minimum Gasteiger partial charge on any atom is -0.495 e. The minimum atomic E-state index is -5.14. The number of nitrogens with zero attached hydrogens (tertiary/aromatic N) is 1. The molecule has 0 unspecified atom stereocenters. The molecule has 0 aromatic carbocycles. The van der Waals surface area contributed by atoms with Crippen LogP contribution in [0.3, 0.4) is 0 Å². The molecule has 1 aromatic rings. The van der Waals surface area contributed by atoms with Crippen molar-refractivity contribution in [3.63, 3.8) is 0 Å². The summed E-state index contributed by atoms with van der Waals surface area (Å²) in [4.78, 5) is 2.74. The highest BCUT2D eigenvalue weighted by atomic mass is 79.9. The van der Waals surface area contributed by atoms with E-state index < -0.39 is 34.3 Å². The van der Waals surface area contributed by atoms with E-state index >= 15 is 0 Å². The number of aromatic nitrogens is 1. The van der Waals surface area contributed by atoms with Crippen LogP contribution >= 0.6 is 15.9 Å². The molecule has 0 radical (unpaired) electrons. The van der Waals surface area contributed by atoms with Crippen molar-refractivity contribution in [2.45, 2.75) is 12.5 Å². The first-order chi connectivity index (χ1) is 8.04. The first-order valence-corrected chi connectivity index (χ1v) is 4.91. The van der Waals surface area contributed by atoms with Crippen LogP contribution in [0.4, 0.5) is 26.3 Å². The topological polar surface area (TPSA) is 31.4 Å². The summed E-state index contributed by atoms with van der Waals surface area (Å²) in [5, 5.41) is 0. The van der Waals surface area contributed by atoms with Gasteiger partial charge in [0.15, 0.2) is 5.69 Å². The van der Waals surface area contributed by atoms with Gasteiger partial charge in [0, 0.05) is 6.07 Å². The summed E-state index contributed by atoms with van der Waals surface area (Å²) in [6.45, 7) is 0. The molecule has 3 nitrogen and oxygen atoms in total. The van der Waals surface area contributed by atoms with Crippen LogP contribution in [0.5, 0.6) is 11.6 Å². The predicted molar refractivity (Wildman–Crippen MR) is 50.2 cm³/mol. The quantitative estimate of drug-likeness (QED) is 0.768. The van der Waals surface area contributed by atoms with Crippen molar-refractivity contribution >= 4 is 15.9 Å². The van der Waals surface area contributed by atoms with E-state index in [0.29, 0.717) is 6.07 Å². The Balaban J connectivity index is 3.31. The lowest BCUT2D eigenvalue weighted by molar-refractivity contribution is -0.276. The van der Waals surface area contributed by atoms with Gasteiger partial charge in [-0.05, 0) is 15.9 Å². The van der Waals surface area contributed by atoms with Gasteiger partial charge in [-0.25, -0.2) is 4.98 Å². The molecule has 0 aliphatic heterocycles. The number of rotatable bonds is 2. The van der Waals surface area contributed by atoms with Gasteiger partial charge < -0.3 is 9.47 Å². The lowest BCUT2D eigenvalue weighted by Gasteiger charge is -2.14. The van der Waals surface area contributed by atoms with E-state index in [9.17, 15) is 26.3 Å². The molecule has 10 heteroatoms. The molecule has 0 saturated heterocycles. The largest absolute Gasteiger partial charge is 0.574 e. The second kappa shape index (κ2) is 4.82. The minimum absolute atomic E-state index is 0.475. The lowest BCUT2D eigenvalue weighted by atomic mass is 10.3. The number of ether oxygens (including phenoxy) is 2. The predicted octanol–water partition coefficient (Wildman–Crippen LogP) is 3.77. The van der Waals surface area contributed by atoms with Crippen molar-refractivity contribution < 1.29 is 35.8 Å². The van der Waals surface area contributed by atoms with E-state index in [1.807, 2.05) is 0 Å². The van der Waals surface area contributed by atoms with Crippen LogP contribution in [0.15, 0.2) is 10.5 Å². The average molecular weight is 340 g/mol. The fraction of sp³-hybridized carbons (Fsp3) is 0.375. The van der Waals surface area contributed by atoms with Crippen LogP contribution in [0.25, 0.3) is 0 Å². The van der Waals surface area contributed by atoms with Crippen molar-refractivity contribution in [1.29, 1.82) is 0 Å². The summed E-state index contributed by atoms with van der Waals surface area (Å²) in [5.41, 5.74) is -1.57. The van der Waals surface area contributed by atoms with Crippen LogP contribution < -0.4 is 9.47 Å². The van der Waals surface area contributed by atoms with E-state index in [4.69, 9.17) is 0 Å². The molecule has 1 rings (SSSR count). The van der Waals surface area contributed by atoms with E-state index in [2.05, 4.69) is 30.4 Å². The molecule has 0 bridgehead atoms. The number of methoxy groups -OCH3 is 1. The highest BCUT2D eigenvalue weighted by molar-refractivity contribution is 9.10. The Kier molecular flexibility index (Phi) is 3.99. The van der Waals surface area contributed by atoms with Gasteiger partial charge in [0.1, 0.15) is 5.75 Å². The molecule has 0 N–H and O–H groups in total. The van der Waals surface area contributed by atoms with Gasteiger partial charge >= 0.3 is 12.5 Å². The maximum absolute atomic E-state index is 12.5. The Bertz CT molecular complexity index is 444. The second-order valence-corrected chi connectivity index (χ2v) is 3.66. The van der Waals surface area contributed by atoms with Gasteiger partial charge in [0.2, 0.25) is 5.88 Å². The van der Waals surface area contributed by atoms with Gasteiger partial charge in [0.05, 0.1) is 11.6 Å². The smallest absolute Gasteiger partial charge is 0.495 e. The van der Waals surface area contributed by atoms with E-state index in [1.54, 1.807) is 0 Å². The maximum Gasteiger partial charge on any atom is 0.574 e. The summed E-state index contributed by atoms with van der Waals surface area (Å²) in [5.74, 6) is -1.73. The van der Waals surface area contributed by atoms with Gasteiger partial charge in [-0.3, -0.25) is 0 Å². The van der Waals surface area contributed by atoms with E-state index in [-0.39, 0.29) is 0 Å². The molecule has 102 valence electrons. The third-order valence-electron chi connectivity index (χ3n) is 1.61. The Morgan fingerprint density at radius 1 is 1.17 bits per heavy atom. The Morgan fingerprint density at radius 3 is 2.11 bits per heavy atom. The fourth-order valence-electron chi connectivity index (χ4n) is 0.991. The van der Waals surface area contributed by atoms with Crippen molar-refractivity contribution in [2.75, 3.05) is 7.11 Å². The summed E-state index contributed by atoms with van der Waals surface area (Å²) < 4.78 is 80.4. The number of pyridine rings is 1.